The lowest BCUT2D eigenvalue weighted by molar-refractivity contribution is 0.0693. The summed E-state index contributed by atoms with van der Waals surface area (Å²) in [6.07, 6.45) is 6.42. The van der Waals surface area contributed by atoms with Crippen LogP contribution in [0.5, 0.6) is 0 Å². The Hall–Kier alpha value is -0.283. The third-order valence-electron chi connectivity index (χ3n) is 3.14. The fourth-order valence-electron chi connectivity index (χ4n) is 1.46. The van der Waals surface area contributed by atoms with E-state index in [1.54, 1.807) is 0 Å². The lowest BCUT2D eigenvalue weighted by atomic mass is 10.2. The molecule has 0 aromatic heterocycles. The van der Waals surface area contributed by atoms with E-state index in [-0.39, 0.29) is 0 Å². The van der Waals surface area contributed by atoms with Crippen molar-refractivity contribution in [2.24, 2.45) is 0 Å². The van der Waals surface area contributed by atoms with Crippen LogP contribution in [0.3, 0.4) is 0 Å². The van der Waals surface area contributed by atoms with E-state index in [1.807, 2.05) is 6.26 Å². The Morgan fingerprint density at radius 1 is 1.43 bits per heavy atom. The maximum Gasteiger partial charge on any atom is 0.189 e. The minimum absolute atomic E-state index is 0.296. The molecule has 1 unspecified atom stereocenters. The van der Waals surface area contributed by atoms with Crippen LogP contribution in [0.1, 0.15) is 26.7 Å². The SMILES string of the molecule is CC[Si](C)(CC)OCC1CCC=CO1. The predicted molar refractivity (Wildman–Crippen MR) is 61.8 cm³/mol. The monoisotopic (exact) mass is 214 g/mol. The van der Waals surface area contributed by atoms with Crippen molar-refractivity contribution >= 4 is 8.32 Å². The van der Waals surface area contributed by atoms with E-state index in [0.717, 1.165) is 19.4 Å². The molecule has 0 aromatic carbocycles. The van der Waals surface area contributed by atoms with Gasteiger partial charge in [-0.15, -0.1) is 0 Å². The number of hydrogen-bond donors (Lipinski definition) is 0. The third-order valence-corrected chi connectivity index (χ3v) is 6.99. The van der Waals surface area contributed by atoms with E-state index in [4.69, 9.17) is 9.16 Å². The van der Waals surface area contributed by atoms with Crippen molar-refractivity contribution in [3.8, 4) is 0 Å². The van der Waals surface area contributed by atoms with Gasteiger partial charge in [-0.3, -0.25) is 0 Å². The molecular weight excluding hydrogens is 192 g/mol. The van der Waals surface area contributed by atoms with Crippen LogP contribution in [-0.2, 0) is 9.16 Å². The zero-order valence-electron chi connectivity index (χ0n) is 9.58. The Kier molecular flexibility index (Phi) is 4.68. The van der Waals surface area contributed by atoms with Gasteiger partial charge in [-0.1, -0.05) is 13.8 Å². The lowest BCUT2D eigenvalue weighted by Gasteiger charge is -2.28. The molecule has 0 saturated carbocycles. The molecule has 1 heterocycles. The molecule has 1 aliphatic heterocycles. The molecule has 0 bridgehead atoms. The third kappa shape index (κ3) is 3.46. The average Bonchev–Trinajstić information content (AvgIpc) is 2.27. The zero-order valence-corrected chi connectivity index (χ0v) is 10.6. The normalized spacial score (nSPS) is 22.1. The Morgan fingerprint density at radius 3 is 2.64 bits per heavy atom. The first-order valence-electron chi connectivity index (χ1n) is 5.64. The highest BCUT2D eigenvalue weighted by atomic mass is 28.4. The predicted octanol–water partition coefficient (Wildman–Crippen LogP) is 3.31. The molecule has 0 radical (unpaired) electrons. The Labute approximate surface area is 88.4 Å². The molecule has 0 spiro atoms. The van der Waals surface area contributed by atoms with Crippen LogP contribution < -0.4 is 0 Å². The van der Waals surface area contributed by atoms with E-state index in [1.165, 1.54) is 12.1 Å². The number of allylic oxidation sites excluding steroid dienone is 1. The molecule has 2 nitrogen and oxygen atoms in total. The summed E-state index contributed by atoms with van der Waals surface area (Å²) in [5, 5.41) is 0. The van der Waals surface area contributed by atoms with Crippen molar-refractivity contribution < 1.29 is 9.16 Å². The largest absolute Gasteiger partial charge is 0.496 e. The van der Waals surface area contributed by atoms with Crippen molar-refractivity contribution in [1.29, 1.82) is 0 Å². The summed E-state index contributed by atoms with van der Waals surface area (Å²) in [6, 6.07) is 2.40. The molecule has 0 N–H and O–H groups in total. The van der Waals surface area contributed by atoms with Gasteiger partial charge in [-0.05, 0) is 37.6 Å². The van der Waals surface area contributed by atoms with Gasteiger partial charge in [-0.2, -0.15) is 0 Å². The summed E-state index contributed by atoms with van der Waals surface area (Å²) in [5.41, 5.74) is 0. The fraction of sp³-hybridized carbons (Fsp3) is 0.818. The molecule has 1 rings (SSSR count). The first-order valence-corrected chi connectivity index (χ1v) is 8.47. The highest BCUT2D eigenvalue weighted by Crippen LogP contribution is 2.19. The van der Waals surface area contributed by atoms with Crippen LogP contribution in [0.2, 0.25) is 18.6 Å². The maximum absolute atomic E-state index is 6.05. The Balaban J connectivity index is 2.27. The topological polar surface area (TPSA) is 18.5 Å². The van der Waals surface area contributed by atoms with Crippen molar-refractivity contribution in [1.82, 2.24) is 0 Å². The minimum Gasteiger partial charge on any atom is -0.496 e. The molecular formula is C11H22O2Si. The minimum atomic E-state index is -1.39. The van der Waals surface area contributed by atoms with Crippen LogP contribution in [0, 0.1) is 0 Å². The lowest BCUT2D eigenvalue weighted by Crippen LogP contribution is -2.36. The second-order valence-corrected chi connectivity index (χ2v) is 8.78. The first-order chi connectivity index (χ1) is 6.70. The van der Waals surface area contributed by atoms with Crippen molar-refractivity contribution in [3.05, 3.63) is 12.3 Å². The highest BCUT2D eigenvalue weighted by molar-refractivity contribution is 6.72. The van der Waals surface area contributed by atoms with Crippen molar-refractivity contribution in [2.75, 3.05) is 6.61 Å². The second kappa shape index (κ2) is 5.56. The van der Waals surface area contributed by atoms with Gasteiger partial charge in [0.15, 0.2) is 8.32 Å². The van der Waals surface area contributed by atoms with E-state index >= 15 is 0 Å². The molecule has 0 amide bonds. The molecule has 0 fully saturated rings. The second-order valence-electron chi connectivity index (χ2n) is 4.18. The molecule has 1 aliphatic rings. The van der Waals surface area contributed by atoms with Crippen LogP contribution >= 0.6 is 0 Å². The Morgan fingerprint density at radius 2 is 2.14 bits per heavy atom. The summed E-state index contributed by atoms with van der Waals surface area (Å²) in [4.78, 5) is 0. The standard InChI is InChI=1S/C11H22O2Si/c1-4-14(3,5-2)13-10-11-8-6-7-9-12-11/h7,9,11H,4-6,8,10H2,1-3H3. The maximum atomic E-state index is 6.05. The zero-order chi connectivity index (χ0) is 10.4. The van der Waals surface area contributed by atoms with Gasteiger partial charge in [0, 0.05) is 0 Å². The fourth-order valence-corrected chi connectivity index (χ4v) is 2.95. The van der Waals surface area contributed by atoms with Gasteiger partial charge in [0.05, 0.1) is 12.9 Å². The van der Waals surface area contributed by atoms with Crippen LogP contribution in [0.25, 0.3) is 0 Å². The number of hydrogen-bond acceptors (Lipinski definition) is 2. The van der Waals surface area contributed by atoms with Crippen molar-refractivity contribution in [3.63, 3.8) is 0 Å². The van der Waals surface area contributed by atoms with E-state index in [9.17, 15) is 0 Å². The van der Waals surface area contributed by atoms with E-state index < -0.39 is 8.32 Å². The first kappa shape index (κ1) is 11.8. The van der Waals surface area contributed by atoms with Gasteiger partial charge >= 0.3 is 0 Å². The van der Waals surface area contributed by atoms with Gasteiger partial charge in [0.2, 0.25) is 0 Å². The van der Waals surface area contributed by atoms with Gasteiger partial charge < -0.3 is 9.16 Å². The summed E-state index contributed by atoms with van der Waals surface area (Å²) in [7, 11) is -1.39. The molecule has 14 heavy (non-hydrogen) atoms. The highest BCUT2D eigenvalue weighted by Gasteiger charge is 2.26. The average molecular weight is 214 g/mol. The van der Waals surface area contributed by atoms with Crippen LogP contribution in [-0.4, -0.2) is 21.0 Å². The van der Waals surface area contributed by atoms with Crippen LogP contribution in [0.4, 0.5) is 0 Å². The molecule has 0 aromatic rings. The number of ether oxygens (including phenoxy) is 1. The summed E-state index contributed by atoms with van der Waals surface area (Å²) < 4.78 is 11.5. The molecule has 1 atom stereocenters. The molecule has 3 heteroatoms. The number of rotatable bonds is 5. The molecule has 82 valence electrons. The van der Waals surface area contributed by atoms with Crippen molar-refractivity contribution in [2.45, 2.75) is 51.4 Å². The molecule has 0 saturated heterocycles. The summed E-state index contributed by atoms with van der Waals surface area (Å²) in [6.45, 7) is 7.56. The van der Waals surface area contributed by atoms with E-state index in [0.29, 0.717) is 6.10 Å². The quantitative estimate of drug-likeness (QED) is 0.654. The van der Waals surface area contributed by atoms with Crippen LogP contribution in [0.15, 0.2) is 12.3 Å². The Bertz CT molecular complexity index is 188. The van der Waals surface area contributed by atoms with Gasteiger partial charge in [0.25, 0.3) is 0 Å². The summed E-state index contributed by atoms with van der Waals surface area (Å²) >= 11 is 0. The smallest absolute Gasteiger partial charge is 0.189 e. The summed E-state index contributed by atoms with van der Waals surface area (Å²) in [5.74, 6) is 0. The van der Waals surface area contributed by atoms with Gasteiger partial charge in [0.1, 0.15) is 6.10 Å². The van der Waals surface area contributed by atoms with E-state index in [2.05, 4.69) is 26.5 Å². The van der Waals surface area contributed by atoms with Gasteiger partial charge in [-0.25, -0.2) is 0 Å². The molecule has 0 aliphatic carbocycles.